The van der Waals surface area contributed by atoms with Crippen LogP contribution in [0.15, 0.2) is 78.9 Å². The normalized spacial score (nSPS) is 10.1. The van der Waals surface area contributed by atoms with Gasteiger partial charge in [-0.3, -0.25) is 10.2 Å². The Balaban J connectivity index is 1.44. The topological polar surface area (TPSA) is 85.9 Å². The standard InChI is InChI=1S/C24H24N2O5/c1-2-29-22-13-7-11-20(15-22)23(27)25-26-24(28)31-17-19-10-6-12-21(14-19)30-16-18-8-4-3-5-9-18/h3-15H,2,16-17H2,1H3,(H,25,27)(H,26,28). The molecule has 0 saturated heterocycles. The molecule has 0 aliphatic carbocycles. The fraction of sp³-hybridized carbons (Fsp3) is 0.167. The second kappa shape index (κ2) is 11.3. The summed E-state index contributed by atoms with van der Waals surface area (Å²) in [6, 6.07) is 23.8. The van der Waals surface area contributed by atoms with Gasteiger partial charge < -0.3 is 14.2 Å². The average Bonchev–Trinajstić information content (AvgIpc) is 2.81. The molecular formula is C24H24N2O5. The lowest BCUT2D eigenvalue weighted by molar-refractivity contribution is 0.0904. The van der Waals surface area contributed by atoms with Crippen molar-refractivity contribution in [2.45, 2.75) is 20.1 Å². The summed E-state index contributed by atoms with van der Waals surface area (Å²) < 4.78 is 16.3. The fourth-order valence-corrected chi connectivity index (χ4v) is 2.72. The quantitative estimate of drug-likeness (QED) is 0.533. The third-order valence-electron chi connectivity index (χ3n) is 4.20. The monoisotopic (exact) mass is 420 g/mol. The molecular weight excluding hydrogens is 396 g/mol. The first-order valence-electron chi connectivity index (χ1n) is 9.85. The second-order valence-corrected chi connectivity index (χ2v) is 6.54. The van der Waals surface area contributed by atoms with Crippen LogP contribution in [0.5, 0.6) is 11.5 Å². The van der Waals surface area contributed by atoms with Gasteiger partial charge >= 0.3 is 6.09 Å². The number of carbonyl (C=O) groups excluding carboxylic acids is 2. The van der Waals surface area contributed by atoms with Crippen molar-refractivity contribution in [3.8, 4) is 11.5 Å². The van der Waals surface area contributed by atoms with Gasteiger partial charge in [-0.05, 0) is 48.4 Å². The third-order valence-corrected chi connectivity index (χ3v) is 4.20. The Labute approximate surface area is 180 Å². The van der Waals surface area contributed by atoms with Gasteiger partial charge in [0, 0.05) is 5.56 Å². The Bertz CT molecular complexity index is 1010. The van der Waals surface area contributed by atoms with Crippen molar-refractivity contribution in [1.29, 1.82) is 0 Å². The molecule has 31 heavy (non-hydrogen) atoms. The summed E-state index contributed by atoms with van der Waals surface area (Å²) in [5.74, 6) is 0.773. The molecule has 0 bridgehead atoms. The molecule has 0 aliphatic rings. The van der Waals surface area contributed by atoms with Gasteiger partial charge in [0.2, 0.25) is 0 Å². The van der Waals surface area contributed by atoms with Gasteiger partial charge in [0.05, 0.1) is 6.61 Å². The van der Waals surface area contributed by atoms with Gasteiger partial charge in [-0.15, -0.1) is 0 Å². The Morgan fingerprint density at radius 1 is 0.742 bits per heavy atom. The minimum atomic E-state index is -0.773. The maximum atomic E-state index is 12.2. The summed E-state index contributed by atoms with van der Waals surface area (Å²) in [6.45, 7) is 2.83. The van der Waals surface area contributed by atoms with E-state index in [2.05, 4.69) is 10.9 Å². The van der Waals surface area contributed by atoms with Crippen molar-refractivity contribution < 1.29 is 23.8 Å². The molecule has 3 aromatic rings. The largest absolute Gasteiger partial charge is 0.494 e. The first-order valence-corrected chi connectivity index (χ1v) is 9.85. The van der Waals surface area contributed by atoms with Crippen LogP contribution in [0, 0.1) is 0 Å². The van der Waals surface area contributed by atoms with Crippen molar-refractivity contribution in [1.82, 2.24) is 10.9 Å². The van der Waals surface area contributed by atoms with E-state index in [0.29, 0.717) is 30.3 Å². The van der Waals surface area contributed by atoms with E-state index in [4.69, 9.17) is 14.2 Å². The van der Waals surface area contributed by atoms with Crippen LogP contribution in [0.3, 0.4) is 0 Å². The lowest BCUT2D eigenvalue weighted by atomic mass is 10.2. The van der Waals surface area contributed by atoms with Gasteiger partial charge in [0.15, 0.2) is 0 Å². The molecule has 7 heteroatoms. The zero-order chi connectivity index (χ0) is 21.9. The number of carbonyl (C=O) groups is 2. The Morgan fingerprint density at radius 2 is 1.45 bits per heavy atom. The molecule has 0 aromatic heterocycles. The van der Waals surface area contributed by atoms with E-state index >= 15 is 0 Å². The summed E-state index contributed by atoms with van der Waals surface area (Å²) in [5, 5.41) is 0. The summed E-state index contributed by atoms with van der Waals surface area (Å²) in [4.78, 5) is 24.1. The Kier molecular flexibility index (Phi) is 7.88. The number of benzene rings is 3. The molecule has 0 heterocycles. The summed E-state index contributed by atoms with van der Waals surface area (Å²) >= 11 is 0. The van der Waals surface area contributed by atoms with Crippen LogP contribution in [0.25, 0.3) is 0 Å². The van der Waals surface area contributed by atoms with Crippen LogP contribution >= 0.6 is 0 Å². The van der Waals surface area contributed by atoms with E-state index in [1.807, 2.05) is 55.5 Å². The number of hydrogen-bond acceptors (Lipinski definition) is 5. The SMILES string of the molecule is CCOc1cccc(C(=O)NNC(=O)OCc2cccc(OCc3ccccc3)c2)c1. The lowest BCUT2D eigenvalue weighted by Gasteiger charge is -2.11. The minimum Gasteiger partial charge on any atom is -0.494 e. The van der Waals surface area contributed by atoms with Gasteiger partial charge in [-0.1, -0.05) is 48.5 Å². The predicted molar refractivity (Wildman–Crippen MR) is 116 cm³/mol. The van der Waals surface area contributed by atoms with E-state index in [9.17, 15) is 9.59 Å². The molecule has 2 amide bonds. The third kappa shape index (κ3) is 7.08. The van der Waals surface area contributed by atoms with Gasteiger partial charge in [-0.25, -0.2) is 10.2 Å². The van der Waals surface area contributed by atoms with Crippen molar-refractivity contribution >= 4 is 12.0 Å². The highest BCUT2D eigenvalue weighted by atomic mass is 16.6. The van der Waals surface area contributed by atoms with Crippen LogP contribution in [-0.2, 0) is 18.0 Å². The van der Waals surface area contributed by atoms with Gasteiger partial charge in [0.1, 0.15) is 24.7 Å². The maximum Gasteiger partial charge on any atom is 0.426 e. The number of hydrazine groups is 1. The molecule has 2 N–H and O–H groups in total. The van der Waals surface area contributed by atoms with Crippen molar-refractivity contribution in [3.63, 3.8) is 0 Å². The minimum absolute atomic E-state index is 0.0318. The van der Waals surface area contributed by atoms with Crippen molar-refractivity contribution in [3.05, 3.63) is 95.6 Å². The molecule has 7 nitrogen and oxygen atoms in total. The number of ether oxygens (including phenoxy) is 3. The summed E-state index contributed by atoms with van der Waals surface area (Å²) in [5.41, 5.74) is 6.72. The van der Waals surface area contributed by atoms with E-state index in [1.165, 1.54) is 0 Å². The fourth-order valence-electron chi connectivity index (χ4n) is 2.72. The molecule has 0 saturated carbocycles. The van der Waals surface area contributed by atoms with Crippen molar-refractivity contribution in [2.24, 2.45) is 0 Å². The van der Waals surface area contributed by atoms with E-state index < -0.39 is 12.0 Å². The average molecular weight is 420 g/mol. The highest BCUT2D eigenvalue weighted by Gasteiger charge is 2.09. The van der Waals surface area contributed by atoms with Crippen LogP contribution < -0.4 is 20.3 Å². The van der Waals surface area contributed by atoms with Gasteiger partial charge in [-0.2, -0.15) is 0 Å². The zero-order valence-electron chi connectivity index (χ0n) is 17.2. The lowest BCUT2D eigenvalue weighted by Crippen LogP contribution is -2.41. The molecule has 0 atom stereocenters. The smallest absolute Gasteiger partial charge is 0.426 e. The van der Waals surface area contributed by atoms with Crippen molar-refractivity contribution in [2.75, 3.05) is 6.61 Å². The number of hydrogen-bond donors (Lipinski definition) is 2. The molecule has 0 fully saturated rings. The summed E-state index contributed by atoms with van der Waals surface area (Å²) in [7, 11) is 0. The number of rotatable bonds is 8. The first-order chi connectivity index (χ1) is 15.1. The Hall–Kier alpha value is -4.00. The van der Waals surface area contributed by atoms with Crippen LogP contribution in [0.2, 0.25) is 0 Å². The van der Waals surface area contributed by atoms with E-state index in [-0.39, 0.29) is 6.61 Å². The maximum absolute atomic E-state index is 12.2. The highest BCUT2D eigenvalue weighted by molar-refractivity contribution is 5.95. The second-order valence-electron chi connectivity index (χ2n) is 6.54. The van der Waals surface area contributed by atoms with Crippen LogP contribution in [-0.4, -0.2) is 18.6 Å². The number of nitrogens with one attached hydrogen (secondary N) is 2. The van der Waals surface area contributed by atoms with Crippen LogP contribution in [0.4, 0.5) is 4.79 Å². The van der Waals surface area contributed by atoms with Crippen LogP contribution in [0.1, 0.15) is 28.4 Å². The molecule has 0 aliphatic heterocycles. The summed E-state index contributed by atoms with van der Waals surface area (Å²) in [6.07, 6.45) is -0.773. The highest BCUT2D eigenvalue weighted by Crippen LogP contribution is 2.16. The molecule has 0 unspecified atom stereocenters. The Morgan fingerprint density at radius 3 is 2.23 bits per heavy atom. The molecule has 0 spiro atoms. The number of amides is 2. The van der Waals surface area contributed by atoms with Gasteiger partial charge in [0.25, 0.3) is 5.91 Å². The van der Waals surface area contributed by atoms with E-state index in [0.717, 1.165) is 11.1 Å². The molecule has 0 radical (unpaired) electrons. The predicted octanol–water partition coefficient (Wildman–Crippen LogP) is 4.24. The molecule has 160 valence electrons. The molecule has 3 aromatic carbocycles. The van der Waals surface area contributed by atoms with E-state index in [1.54, 1.807) is 30.3 Å². The molecule has 3 rings (SSSR count). The zero-order valence-corrected chi connectivity index (χ0v) is 17.2. The first kappa shape index (κ1) is 21.7.